The van der Waals surface area contributed by atoms with Crippen molar-refractivity contribution in [3.05, 3.63) is 23.8 Å². The first-order valence-corrected chi connectivity index (χ1v) is 4.23. The van der Waals surface area contributed by atoms with Gasteiger partial charge in [0.15, 0.2) is 0 Å². The number of hydrogen-bond donors (Lipinski definition) is 1. The number of esters is 1. The molecule has 0 bridgehead atoms. The van der Waals surface area contributed by atoms with E-state index in [1.807, 2.05) is 12.1 Å². The second kappa shape index (κ2) is 2.83. The van der Waals surface area contributed by atoms with Gasteiger partial charge >= 0.3 is 5.97 Å². The summed E-state index contributed by atoms with van der Waals surface area (Å²) in [4.78, 5) is 11.8. The maximum absolute atomic E-state index is 10.9. The highest BCUT2D eigenvalue weighted by Crippen LogP contribution is 2.26. The van der Waals surface area contributed by atoms with E-state index >= 15 is 0 Å². The fourth-order valence-electron chi connectivity index (χ4n) is 1.27. The molecule has 0 spiro atoms. The van der Waals surface area contributed by atoms with E-state index in [-0.39, 0.29) is 5.97 Å². The predicted molar refractivity (Wildman–Crippen MR) is 47.7 cm³/mol. The van der Waals surface area contributed by atoms with Crippen LogP contribution in [-0.4, -0.2) is 5.97 Å². The Kier molecular flexibility index (Phi) is 1.81. The van der Waals surface area contributed by atoms with Gasteiger partial charge in [0.1, 0.15) is 5.75 Å². The van der Waals surface area contributed by atoms with Crippen LogP contribution >= 0.6 is 12.6 Å². The molecule has 0 aromatic heterocycles. The van der Waals surface area contributed by atoms with Crippen LogP contribution < -0.4 is 4.74 Å². The number of fused-ring (bicyclic) bond motifs is 1. The van der Waals surface area contributed by atoms with Crippen molar-refractivity contribution in [3.8, 4) is 5.75 Å². The molecule has 1 aliphatic heterocycles. The molecule has 0 atom stereocenters. The maximum atomic E-state index is 10.9. The van der Waals surface area contributed by atoms with Crippen molar-refractivity contribution in [2.75, 3.05) is 0 Å². The number of thiol groups is 1. The molecule has 62 valence electrons. The summed E-state index contributed by atoms with van der Waals surface area (Å²) in [6, 6.07) is 5.54. The van der Waals surface area contributed by atoms with Gasteiger partial charge in [-0.05, 0) is 30.2 Å². The first kappa shape index (κ1) is 7.68. The van der Waals surface area contributed by atoms with E-state index in [9.17, 15) is 4.79 Å². The van der Waals surface area contributed by atoms with Crippen LogP contribution in [0.2, 0.25) is 0 Å². The topological polar surface area (TPSA) is 26.3 Å². The number of rotatable bonds is 0. The van der Waals surface area contributed by atoms with E-state index in [0.717, 1.165) is 16.9 Å². The molecule has 0 saturated heterocycles. The van der Waals surface area contributed by atoms with Crippen LogP contribution in [0.3, 0.4) is 0 Å². The highest BCUT2D eigenvalue weighted by atomic mass is 32.1. The Morgan fingerprint density at radius 3 is 3.00 bits per heavy atom. The van der Waals surface area contributed by atoms with Crippen LogP contribution in [0, 0.1) is 0 Å². The summed E-state index contributed by atoms with van der Waals surface area (Å²) in [5, 5.41) is 0. The molecule has 0 radical (unpaired) electrons. The molecule has 1 aliphatic rings. The van der Waals surface area contributed by atoms with Gasteiger partial charge in [0.25, 0.3) is 0 Å². The molecule has 0 amide bonds. The van der Waals surface area contributed by atoms with Crippen LogP contribution in [0.4, 0.5) is 0 Å². The largest absolute Gasteiger partial charge is 0.426 e. The van der Waals surface area contributed by atoms with Gasteiger partial charge in [-0.25, -0.2) is 0 Å². The number of benzene rings is 1. The minimum atomic E-state index is -0.144. The molecule has 1 aromatic carbocycles. The Morgan fingerprint density at radius 1 is 1.33 bits per heavy atom. The van der Waals surface area contributed by atoms with E-state index in [0.29, 0.717) is 12.2 Å². The Morgan fingerprint density at radius 2 is 2.17 bits per heavy atom. The lowest BCUT2D eigenvalue weighted by Crippen LogP contribution is -2.15. The van der Waals surface area contributed by atoms with Gasteiger partial charge in [0, 0.05) is 4.90 Å². The summed E-state index contributed by atoms with van der Waals surface area (Å²) in [6.07, 6.45) is 1.24. The van der Waals surface area contributed by atoms with Crippen molar-refractivity contribution < 1.29 is 9.53 Å². The third-order valence-electron chi connectivity index (χ3n) is 1.87. The van der Waals surface area contributed by atoms with Crippen molar-refractivity contribution in [1.29, 1.82) is 0 Å². The summed E-state index contributed by atoms with van der Waals surface area (Å²) in [5.41, 5.74) is 1.07. The van der Waals surface area contributed by atoms with Gasteiger partial charge in [-0.3, -0.25) is 4.79 Å². The Labute approximate surface area is 76.0 Å². The van der Waals surface area contributed by atoms with Crippen LogP contribution in [-0.2, 0) is 11.2 Å². The smallest absolute Gasteiger partial charge is 0.311 e. The number of carbonyl (C=O) groups is 1. The Balaban J connectivity index is 2.43. The molecule has 3 heteroatoms. The average Bonchev–Trinajstić information content (AvgIpc) is 2.05. The third kappa shape index (κ3) is 1.32. The molecule has 0 fully saturated rings. The SMILES string of the molecule is O=C1CCc2cc(S)ccc2O1. The van der Waals surface area contributed by atoms with Crippen LogP contribution in [0.25, 0.3) is 0 Å². The molecule has 0 aliphatic carbocycles. The zero-order chi connectivity index (χ0) is 8.55. The number of carbonyl (C=O) groups excluding carboxylic acids is 1. The first-order chi connectivity index (χ1) is 5.75. The van der Waals surface area contributed by atoms with Gasteiger partial charge < -0.3 is 4.74 Å². The minimum Gasteiger partial charge on any atom is -0.426 e. The molecule has 0 saturated carbocycles. The fraction of sp³-hybridized carbons (Fsp3) is 0.222. The molecular weight excluding hydrogens is 172 g/mol. The molecule has 2 nitrogen and oxygen atoms in total. The van der Waals surface area contributed by atoms with Gasteiger partial charge in [0.05, 0.1) is 6.42 Å². The second-order valence-corrected chi connectivity index (χ2v) is 3.28. The van der Waals surface area contributed by atoms with E-state index in [1.54, 1.807) is 6.07 Å². The highest BCUT2D eigenvalue weighted by molar-refractivity contribution is 7.80. The average molecular weight is 180 g/mol. The van der Waals surface area contributed by atoms with Crippen LogP contribution in [0.15, 0.2) is 23.1 Å². The minimum absolute atomic E-state index is 0.144. The van der Waals surface area contributed by atoms with Crippen molar-refractivity contribution in [1.82, 2.24) is 0 Å². The van der Waals surface area contributed by atoms with E-state index in [1.165, 1.54) is 0 Å². The van der Waals surface area contributed by atoms with E-state index < -0.39 is 0 Å². The lowest BCUT2D eigenvalue weighted by atomic mass is 10.1. The fourth-order valence-corrected chi connectivity index (χ4v) is 1.50. The van der Waals surface area contributed by atoms with Gasteiger partial charge in [-0.15, -0.1) is 12.6 Å². The highest BCUT2D eigenvalue weighted by Gasteiger charge is 2.16. The standard InChI is InChI=1S/C9H8O2S/c10-9-4-1-6-5-7(12)2-3-8(6)11-9/h2-3,5,12H,1,4H2. The molecular formula is C9H8O2S. The molecule has 1 aromatic rings. The number of hydrogen-bond acceptors (Lipinski definition) is 3. The van der Waals surface area contributed by atoms with Gasteiger partial charge in [-0.1, -0.05) is 0 Å². The summed E-state index contributed by atoms with van der Waals surface area (Å²) in [6.45, 7) is 0. The van der Waals surface area contributed by atoms with Crippen molar-refractivity contribution >= 4 is 18.6 Å². The van der Waals surface area contributed by atoms with Crippen molar-refractivity contribution in [2.24, 2.45) is 0 Å². The molecule has 12 heavy (non-hydrogen) atoms. The summed E-state index contributed by atoms with van der Waals surface area (Å²) in [5.74, 6) is 0.540. The molecule has 0 N–H and O–H groups in total. The number of ether oxygens (including phenoxy) is 1. The summed E-state index contributed by atoms with van der Waals surface area (Å²) in [7, 11) is 0. The maximum Gasteiger partial charge on any atom is 0.311 e. The summed E-state index contributed by atoms with van der Waals surface area (Å²) < 4.78 is 5.01. The monoisotopic (exact) mass is 180 g/mol. The Bertz CT molecular complexity index is 333. The predicted octanol–water partition coefficient (Wildman–Crippen LogP) is 1.83. The molecule has 1 heterocycles. The normalized spacial score (nSPS) is 15.2. The number of aryl methyl sites for hydroxylation is 1. The summed E-state index contributed by atoms with van der Waals surface area (Å²) >= 11 is 4.20. The van der Waals surface area contributed by atoms with Gasteiger partial charge in [0.2, 0.25) is 0 Å². The third-order valence-corrected chi connectivity index (χ3v) is 2.14. The van der Waals surface area contributed by atoms with Gasteiger partial charge in [-0.2, -0.15) is 0 Å². The van der Waals surface area contributed by atoms with E-state index in [2.05, 4.69) is 12.6 Å². The van der Waals surface area contributed by atoms with Crippen LogP contribution in [0.5, 0.6) is 5.75 Å². The molecule has 0 unspecified atom stereocenters. The Hall–Kier alpha value is -0.960. The first-order valence-electron chi connectivity index (χ1n) is 3.78. The van der Waals surface area contributed by atoms with Crippen molar-refractivity contribution in [3.63, 3.8) is 0 Å². The van der Waals surface area contributed by atoms with E-state index in [4.69, 9.17) is 4.74 Å². The van der Waals surface area contributed by atoms with Crippen molar-refractivity contribution in [2.45, 2.75) is 17.7 Å². The lowest BCUT2D eigenvalue weighted by molar-refractivity contribution is -0.135. The quantitative estimate of drug-likeness (QED) is 0.374. The van der Waals surface area contributed by atoms with Crippen LogP contribution in [0.1, 0.15) is 12.0 Å². The zero-order valence-corrected chi connectivity index (χ0v) is 7.30. The lowest BCUT2D eigenvalue weighted by Gasteiger charge is -2.14. The second-order valence-electron chi connectivity index (χ2n) is 2.77. The zero-order valence-electron chi connectivity index (χ0n) is 6.41. The molecule has 2 rings (SSSR count).